The lowest BCUT2D eigenvalue weighted by Gasteiger charge is -2.30. The van der Waals surface area contributed by atoms with E-state index in [0.29, 0.717) is 12.0 Å². The highest BCUT2D eigenvalue weighted by Crippen LogP contribution is 2.40. The molecule has 1 aromatic rings. The van der Waals surface area contributed by atoms with Gasteiger partial charge in [-0.1, -0.05) is 31.8 Å². The standard InChI is InChI=1S/C21H38N4O2/c1-5-18-17(19(6-2)27-25-18)15-23-20(22-7-3)24-16-21(11-9-10-12-21)13-14-26-8-4/h5-16H2,1-4H3,(H2,22,23,24). The highest BCUT2D eigenvalue weighted by atomic mass is 16.5. The van der Waals surface area contributed by atoms with Crippen molar-refractivity contribution in [3.8, 4) is 0 Å². The maximum absolute atomic E-state index is 5.63. The van der Waals surface area contributed by atoms with Crippen LogP contribution in [0.2, 0.25) is 0 Å². The second kappa shape index (κ2) is 11.3. The lowest BCUT2D eigenvalue weighted by Crippen LogP contribution is -2.43. The number of nitrogens with zero attached hydrogens (tertiary/aromatic N) is 2. The zero-order valence-corrected chi connectivity index (χ0v) is 17.7. The average molecular weight is 379 g/mol. The summed E-state index contributed by atoms with van der Waals surface area (Å²) in [6.45, 7) is 12.4. The Morgan fingerprint density at radius 2 is 1.93 bits per heavy atom. The van der Waals surface area contributed by atoms with Crippen molar-refractivity contribution in [3.05, 3.63) is 17.0 Å². The van der Waals surface area contributed by atoms with Gasteiger partial charge < -0.3 is 19.9 Å². The van der Waals surface area contributed by atoms with Crippen molar-refractivity contribution >= 4 is 5.96 Å². The summed E-state index contributed by atoms with van der Waals surface area (Å²) in [5.74, 6) is 1.83. The summed E-state index contributed by atoms with van der Waals surface area (Å²) in [5, 5.41) is 11.2. The summed E-state index contributed by atoms with van der Waals surface area (Å²) < 4.78 is 11.1. The SMILES string of the molecule is CCNC(=NCc1c(CC)noc1CC)NCC1(CCOCC)CCCC1. The van der Waals surface area contributed by atoms with Gasteiger partial charge in [-0.05, 0) is 44.9 Å². The predicted octanol–water partition coefficient (Wildman–Crippen LogP) is 3.84. The molecule has 27 heavy (non-hydrogen) atoms. The van der Waals surface area contributed by atoms with E-state index in [2.05, 4.69) is 43.5 Å². The molecule has 1 aliphatic rings. The van der Waals surface area contributed by atoms with Crippen LogP contribution in [0.4, 0.5) is 0 Å². The van der Waals surface area contributed by atoms with Crippen molar-refractivity contribution < 1.29 is 9.26 Å². The zero-order chi connectivity index (χ0) is 19.5. The van der Waals surface area contributed by atoms with Crippen LogP contribution in [0, 0.1) is 5.41 Å². The van der Waals surface area contributed by atoms with Gasteiger partial charge in [-0.15, -0.1) is 0 Å². The van der Waals surface area contributed by atoms with Crippen LogP contribution in [-0.2, 0) is 24.1 Å². The van der Waals surface area contributed by atoms with Crippen molar-refractivity contribution in [2.24, 2.45) is 10.4 Å². The normalized spacial score (nSPS) is 16.7. The third-order valence-corrected chi connectivity index (χ3v) is 5.62. The zero-order valence-electron chi connectivity index (χ0n) is 17.7. The third kappa shape index (κ3) is 6.23. The van der Waals surface area contributed by atoms with Gasteiger partial charge in [-0.25, -0.2) is 4.99 Å². The molecule has 0 spiro atoms. The van der Waals surface area contributed by atoms with E-state index in [-0.39, 0.29) is 0 Å². The Balaban J connectivity index is 2.01. The van der Waals surface area contributed by atoms with Crippen molar-refractivity contribution in [2.75, 3.05) is 26.3 Å². The second-order valence-electron chi connectivity index (χ2n) is 7.44. The largest absolute Gasteiger partial charge is 0.382 e. The van der Waals surface area contributed by atoms with Gasteiger partial charge in [0.1, 0.15) is 5.76 Å². The molecule has 2 rings (SSSR count). The molecule has 1 aliphatic carbocycles. The van der Waals surface area contributed by atoms with Gasteiger partial charge in [-0.2, -0.15) is 0 Å². The molecule has 1 fully saturated rings. The highest BCUT2D eigenvalue weighted by molar-refractivity contribution is 5.79. The number of rotatable bonds is 11. The van der Waals surface area contributed by atoms with E-state index in [1.54, 1.807) is 0 Å². The molecule has 154 valence electrons. The molecule has 0 atom stereocenters. The van der Waals surface area contributed by atoms with E-state index in [1.165, 1.54) is 25.7 Å². The van der Waals surface area contributed by atoms with Gasteiger partial charge in [0.05, 0.1) is 12.2 Å². The summed E-state index contributed by atoms with van der Waals surface area (Å²) in [4.78, 5) is 4.82. The van der Waals surface area contributed by atoms with E-state index >= 15 is 0 Å². The fourth-order valence-electron chi connectivity index (χ4n) is 3.96. The molecule has 0 unspecified atom stereocenters. The lowest BCUT2D eigenvalue weighted by molar-refractivity contribution is 0.105. The van der Waals surface area contributed by atoms with E-state index in [0.717, 1.165) is 68.5 Å². The van der Waals surface area contributed by atoms with E-state index < -0.39 is 0 Å². The van der Waals surface area contributed by atoms with Crippen molar-refractivity contribution in [2.45, 2.75) is 79.2 Å². The van der Waals surface area contributed by atoms with Gasteiger partial charge in [0, 0.05) is 38.3 Å². The minimum atomic E-state index is 0.339. The van der Waals surface area contributed by atoms with Crippen LogP contribution in [0.5, 0.6) is 0 Å². The average Bonchev–Trinajstić information content (AvgIpc) is 3.31. The fourth-order valence-corrected chi connectivity index (χ4v) is 3.96. The lowest BCUT2D eigenvalue weighted by atomic mass is 9.83. The Bertz CT molecular complexity index is 555. The molecular weight excluding hydrogens is 340 g/mol. The van der Waals surface area contributed by atoms with Gasteiger partial charge in [0.25, 0.3) is 0 Å². The Morgan fingerprint density at radius 1 is 1.15 bits per heavy atom. The molecule has 0 saturated heterocycles. The summed E-state index contributed by atoms with van der Waals surface area (Å²) in [5.41, 5.74) is 2.51. The number of aryl methyl sites for hydroxylation is 2. The van der Waals surface area contributed by atoms with Crippen LogP contribution >= 0.6 is 0 Å². The molecule has 1 heterocycles. The summed E-state index contributed by atoms with van der Waals surface area (Å²) >= 11 is 0. The number of hydrogen-bond acceptors (Lipinski definition) is 4. The molecule has 0 radical (unpaired) electrons. The number of aliphatic imine (C=N–C) groups is 1. The first-order valence-electron chi connectivity index (χ1n) is 10.7. The van der Waals surface area contributed by atoms with Crippen molar-refractivity contribution in [3.63, 3.8) is 0 Å². The van der Waals surface area contributed by atoms with Crippen LogP contribution in [0.1, 0.15) is 76.8 Å². The molecule has 6 heteroatoms. The molecule has 2 N–H and O–H groups in total. The predicted molar refractivity (Wildman–Crippen MR) is 110 cm³/mol. The minimum absolute atomic E-state index is 0.339. The number of hydrogen-bond donors (Lipinski definition) is 2. The van der Waals surface area contributed by atoms with E-state index in [4.69, 9.17) is 14.3 Å². The minimum Gasteiger partial charge on any atom is -0.382 e. The topological polar surface area (TPSA) is 71.7 Å². The molecule has 6 nitrogen and oxygen atoms in total. The van der Waals surface area contributed by atoms with Crippen molar-refractivity contribution in [1.29, 1.82) is 0 Å². The van der Waals surface area contributed by atoms with E-state index in [1.807, 2.05) is 0 Å². The number of ether oxygens (including phenoxy) is 1. The number of guanidine groups is 1. The van der Waals surface area contributed by atoms with Crippen LogP contribution < -0.4 is 10.6 Å². The van der Waals surface area contributed by atoms with Crippen LogP contribution in [0.15, 0.2) is 9.52 Å². The van der Waals surface area contributed by atoms with Gasteiger partial charge in [-0.3, -0.25) is 0 Å². The molecular formula is C21H38N4O2. The second-order valence-corrected chi connectivity index (χ2v) is 7.44. The molecule has 1 aromatic heterocycles. The van der Waals surface area contributed by atoms with Crippen LogP contribution in [-0.4, -0.2) is 37.4 Å². The Morgan fingerprint density at radius 3 is 2.56 bits per heavy atom. The molecule has 1 saturated carbocycles. The Hall–Kier alpha value is -1.56. The quantitative estimate of drug-likeness (QED) is 0.348. The van der Waals surface area contributed by atoms with Gasteiger partial charge in [0.2, 0.25) is 0 Å². The molecule has 0 amide bonds. The third-order valence-electron chi connectivity index (χ3n) is 5.62. The number of nitrogens with one attached hydrogen (secondary N) is 2. The summed E-state index contributed by atoms with van der Waals surface area (Å²) in [6.07, 6.45) is 8.04. The Labute approximate surface area is 164 Å². The first kappa shape index (κ1) is 21.7. The van der Waals surface area contributed by atoms with Crippen LogP contribution in [0.3, 0.4) is 0 Å². The smallest absolute Gasteiger partial charge is 0.191 e. The first-order chi connectivity index (χ1) is 13.2. The highest BCUT2D eigenvalue weighted by Gasteiger charge is 2.33. The summed E-state index contributed by atoms with van der Waals surface area (Å²) in [6, 6.07) is 0. The molecule has 0 bridgehead atoms. The first-order valence-corrected chi connectivity index (χ1v) is 10.7. The van der Waals surface area contributed by atoms with E-state index in [9.17, 15) is 0 Å². The van der Waals surface area contributed by atoms with Gasteiger partial charge in [0.15, 0.2) is 5.96 Å². The van der Waals surface area contributed by atoms with Gasteiger partial charge >= 0.3 is 0 Å². The van der Waals surface area contributed by atoms with Crippen LogP contribution in [0.25, 0.3) is 0 Å². The monoisotopic (exact) mass is 378 g/mol. The maximum atomic E-state index is 5.63. The Kier molecular flexibility index (Phi) is 9.11. The van der Waals surface area contributed by atoms with Crippen molar-refractivity contribution in [1.82, 2.24) is 15.8 Å². The maximum Gasteiger partial charge on any atom is 0.191 e. The summed E-state index contributed by atoms with van der Waals surface area (Å²) in [7, 11) is 0. The fraction of sp³-hybridized carbons (Fsp3) is 0.810. The number of aromatic nitrogens is 1. The molecule has 0 aliphatic heterocycles. The molecule has 0 aromatic carbocycles.